The zero-order chi connectivity index (χ0) is 15.6. The fourth-order valence-corrected chi connectivity index (χ4v) is 2.75. The molecule has 0 atom stereocenters. The summed E-state index contributed by atoms with van der Waals surface area (Å²) in [5.74, 6) is 1.76. The van der Waals surface area contributed by atoms with Crippen molar-refractivity contribution in [2.75, 3.05) is 11.9 Å². The molecule has 3 nitrogen and oxygen atoms in total. The van der Waals surface area contributed by atoms with Gasteiger partial charge in [0.25, 0.3) is 0 Å². The van der Waals surface area contributed by atoms with Gasteiger partial charge in [-0.2, -0.15) is 0 Å². The van der Waals surface area contributed by atoms with Gasteiger partial charge in [-0.1, -0.05) is 48.8 Å². The molecule has 0 unspecified atom stereocenters. The van der Waals surface area contributed by atoms with Crippen molar-refractivity contribution in [3.8, 4) is 0 Å². The van der Waals surface area contributed by atoms with Crippen LogP contribution in [-0.2, 0) is 12.0 Å². The number of hydrogen-bond donors (Lipinski definition) is 0. The Morgan fingerprint density at radius 2 is 1.81 bits per heavy atom. The molecular weight excluding hydrogens is 394 g/mol. The molecule has 0 aliphatic carbocycles. The van der Waals surface area contributed by atoms with Crippen LogP contribution in [0.15, 0.2) is 39.4 Å². The Morgan fingerprint density at radius 1 is 1.10 bits per heavy atom. The molecule has 0 saturated heterocycles. The Kier molecular flexibility index (Phi) is 5.04. The van der Waals surface area contributed by atoms with Crippen LogP contribution in [0.5, 0.6) is 0 Å². The van der Waals surface area contributed by atoms with E-state index in [1.165, 1.54) is 5.56 Å². The third kappa shape index (κ3) is 4.51. The van der Waals surface area contributed by atoms with E-state index in [9.17, 15) is 0 Å². The third-order valence-electron chi connectivity index (χ3n) is 3.05. The lowest BCUT2D eigenvalue weighted by Crippen LogP contribution is -2.22. The molecule has 5 heteroatoms. The lowest BCUT2D eigenvalue weighted by atomic mass is 9.96. The van der Waals surface area contributed by atoms with Crippen LogP contribution in [0.4, 0.5) is 5.82 Å². The highest BCUT2D eigenvalue weighted by molar-refractivity contribution is 9.10. The van der Waals surface area contributed by atoms with Gasteiger partial charge in [-0.15, -0.1) is 0 Å². The Morgan fingerprint density at radius 3 is 2.43 bits per heavy atom. The van der Waals surface area contributed by atoms with Crippen molar-refractivity contribution in [1.29, 1.82) is 0 Å². The van der Waals surface area contributed by atoms with Crippen molar-refractivity contribution in [3.05, 3.63) is 50.8 Å². The van der Waals surface area contributed by atoms with E-state index in [4.69, 9.17) is 4.98 Å². The van der Waals surface area contributed by atoms with E-state index in [0.717, 1.165) is 27.3 Å². The van der Waals surface area contributed by atoms with Gasteiger partial charge in [-0.25, -0.2) is 9.97 Å². The van der Waals surface area contributed by atoms with Crippen molar-refractivity contribution in [1.82, 2.24) is 9.97 Å². The lowest BCUT2D eigenvalue weighted by molar-refractivity contribution is 0.542. The molecule has 21 heavy (non-hydrogen) atoms. The summed E-state index contributed by atoms with van der Waals surface area (Å²) in [4.78, 5) is 11.3. The van der Waals surface area contributed by atoms with Gasteiger partial charge in [-0.3, -0.25) is 0 Å². The van der Waals surface area contributed by atoms with Crippen LogP contribution < -0.4 is 4.90 Å². The Hall–Kier alpha value is -0.940. The standard InChI is InChI=1S/C16H19Br2N3/c1-16(2,3)15-19-13(18)9-14(20-15)21(4)10-11-6-5-7-12(17)8-11/h5-9H,10H2,1-4H3. The Labute approximate surface area is 143 Å². The van der Waals surface area contributed by atoms with Gasteiger partial charge in [0, 0.05) is 29.5 Å². The van der Waals surface area contributed by atoms with Gasteiger partial charge in [0.1, 0.15) is 16.2 Å². The van der Waals surface area contributed by atoms with Crippen molar-refractivity contribution in [2.45, 2.75) is 32.7 Å². The SMILES string of the molecule is CN(Cc1cccc(Br)c1)c1cc(Br)nc(C(C)(C)C)n1. The Balaban J connectivity index is 2.27. The van der Waals surface area contributed by atoms with Crippen LogP contribution in [-0.4, -0.2) is 17.0 Å². The molecule has 0 aliphatic rings. The molecular formula is C16H19Br2N3. The number of hydrogen-bond acceptors (Lipinski definition) is 3. The summed E-state index contributed by atoms with van der Waals surface area (Å²) in [5.41, 5.74) is 1.16. The second kappa shape index (κ2) is 6.44. The summed E-state index contributed by atoms with van der Waals surface area (Å²) in [7, 11) is 2.04. The average molecular weight is 413 g/mol. The first-order chi connectivity index (χ1) is 9.75. The maximum absolute atomic E-state index is 4.70. The summed E-state index contributed by atoms with van der Waals surface area (Å²) in [5, 5.41) is 0. The van der Waals surface area contributed by atoms with Gasteiger partial charge in [-0.05, 0) is 33.6 Å². The quantitative estimate of drug-likeness (QED) is 0.668. The van der Waals surface area contributed by atoms with Gasteiger partial charge < -0.3 is 4.90 Å². The molecule has 0 N–H and O–H groups in total. The van der Waals surface area contributed by atoms with E-state index in [0.29, 0.717) is 0 Å². The number of benzene rings is 1. The highest BCUT2D eigenvalue weighted by Crippen LogP contribution is 2.24. The molecule has 0 amide bonds. The molecule has 0 aliphatic heterocycles. The normalized spacial score (nSPS) is 11.5. The number of nitrogens with zero attached hydrogens (tertiary/aromatic N) is 3. The monoisotopic (exact) mass is 411 g/mol. The summed E-state index contributed by atoms with van der Waals surface area (Å²) in [6.07, 6.45) is 0. The van der Waals surface area contributed by atoms with Crippen molar-refractivity contribution in [2.24, 2.45) is 0 Å². The van der Waals surface area contributed by atoms with Crippen LogP contribution in [0.1, 0.15) is 32.2 Å². The first-order valence-corrected chi connectivity index (χ1v) is 8.35. The molecule has 1 heterocycles. The third-order valence-corrected chi connectivity index (χ3v) is 3.95. The molecule has 0 saturated carbocycles. The highest BCUT2D eigenvalue weighted by atomic mass is 79.9. The topological polar surface area (TPSA) is 29.0 Å². The lowest BCUT2D eigenvalue weighted by Gasteiger charge is -2.22. The molecule has 1 aromatic heterocycles. The van der Waals surface area contributed by atoms with E-state index in [2.05, 4.69) is 74.6 Å². The summed E-state index contributed by atoms with van der Waals surface area (Å²) in [6, 6.07) is 10.3. The van der Waals surface area contributed by atoms with Crippen LogP contribution in [0, 0.1) is 0 Å². The van der Waals surface area contributed by atoms with Gasteiger partial charge >= 0.3 is 0 Å². The molecule has 0 bridgehead atoms. The van der Waals surface area contributed by atoms with E-state index in [1.807, 2.05) is 25.2 Å². The van der Waals surface area contributed by atoms with Gasteiger partial charge in [0.05, 0.1) is 0 Å². The summed E-state index contributed by atoms with van der Waals surface area (Å²) in [6.45, 7) is 7.15. The second-order valence-corrected chi connectivity index (χ2v) is 7.84. The zero-order valence-electron chi connectivity index (χ0n) is 12.7. The van der Waals surface area contributed by atoms with Crippen LogP contribution in [0.25, 0.3) is 0 Å². The van der Waals surface area contributed by atoms with Crippen LogP contribution in [0.2, 0.25) is 0 Å². The predicted octanol–water partition coefficient (Wildman–Crippen LogP) is 4.94. The number of rotatable bonds is 3. The molecule has 112 valence electrons. The largest absolute Gasteiger partial charge is 0.355 e. The molecule has 0 spiro atoms. The molecule has 2 aromatic rings. The summed E-state index contributed by atoms with van der Waals surface area (Å²) >= 11 is 6.99. The minimum absolute atomic E-state index is 0.0743. The highest BCUT2D eigenvalue weighted by Gasteiger charge is 2.19. The van der Waals surface area contributed by atoms with Crippen LogP contribution >= 0.6 is 31.9 Å². The second-order valence-electron chi connectivity index (χ2n) is 6.11. The fourth-order valence-electron chi connectivity index (χ4n) is 1.93. The maximum atomic E-state index is 4.70. The smallest absolute Gasteiger partial charge is 0.137 e. The predicted molar refractivity (Wildman–Crippen MR) is 94.7 cm³/mol. The minimum Gasteiger partial charge on any atom is -0.355 e. The van der Waals surface area contributed by atoms with Crippen LogP contribution in [0.3, 0.4) is 0 Å². The number of halogens is 2. The number of anilines is 1. The molecule has 2 rings (SSSR count). The maximum Gasteiger partial charge on any atom is 0.137 e. The van der Waals surface area contributed by atoms with E-state index in [1.54, 1.807) is 0 Å². The molecule has 0 fully saturated rings. The van der Waals surface area contributed by atoms with E-state index in [-0.39, 0.29) is 5.41 Å². The number of aromatic nitrogens is 2. The first kappa shape index (κ1) is 16.4. The fraction of sp³-hybridized carbons (Fsp3) is 0.375. The molecule has 0 radical (unpaired) electrons. The van der Waals surface area contributed by atoms with Gasteiger partial charge in [0.15, 0.2) is 0 Å². The van der Waals surface area contributed by atoms with E-state index >= 15 is 0 Å². The summed E-state index contributed by atoms with van der Waals surface area (Å²) < 4.78 is 1.91. The minimum atomic E-state index is -0.0743. The van der Waals surface area contributed by atoms with Gasteiger partial charge in [0.2, 0.25) is 0 Å². The van der Waals surface area contributed by atoms with Crippen molar-refractivity contribution in [3.63, 3.8) is 0 Å². The van der Waals surface area contributed by atoms with Crippen molar-refractivity contribution < 1.29 is 0 Å². The average Bonchev–Trinajstić information content (AvgIpc) is 2.37. The molecule has 1 aromatic carbocycles. The van der Waals surface area contributed by atoms with E-state index < -0.39 is 0 Å². The van der Waals surface area contributed by atoms with Crippen molar-refractivity contribution >= 4 is 37.7 Å². The Bertz CT molecular complexity index is 636. The zero-order valence-corrected chi connectivity index (χ0v) is 15.9. The first-order valence-electron chi connectivity index (χ1n) is 6.76.